The highest BCUT2D eigenvalue weighted by molar-refractivity contribution is 6.31. The fourth-order valence-electron chi connectivity index (χ4n) is 2.30. The lowest BCUT2D eigenvalue weighted by Crippen LogP contribution is -2.45. The molecule has 0 spiro atoms. The van der Waals surface area contributed by atoms with Gasteiger partial charge in [0.05, 0.1) is 0 Å². The Bertz CT molecular complexity index is 802. The SMILES string of the molecule is Cc1ccc(Cl)cc1NC(=O)C(C)(C)C(=O)NCCc1ccc(Cl)cc1. The molecule has 2 N–H and O–H groups in total. The predicted octanol–water partition coefficient (Wildman–Crippen LogP) is 4.63. The van der Waals surface area contributed by atoms with Crippen LogP contribution in [-0.4, -0.2) is 18.4 Å². The van der Waals surface area contributed by atoms with Crippen LogP contribution in [0.5, 0.6) is 0 Å². The van der Waals surface area contributed by atoms with Gasteiger partial charge in [-0.25, -0.2) is 0 Å². The minimum atomic E-state index is -1.21. The lowest BCUT2D eigenvalue weighted by atomic mass is 9.90. The first-order chi connectivity index (χ1) is 12.2. The molecule has 2 aromatic carbocycles. The topological polar surface area (TPSA) is 58.2 Å². The summed E-state index contributed by atoms with van der Waals surface area (Å²) >= 11 is 11.8. The molecule has 0 radical (unpaired) electrons. The van der Waals surface area contributed by atoms with E-state index < -0.39 is 5.41 Å². The Balaban J connectivity index is 1.94. The molecule has 0 unspecified atom stereocenters. The molecule has 138 valence electrons. The second kappa shape index (κ2) is 8.56. The molecule has 0 saturated heterocycles. The van der Waals surface area contributed by atoms with Crippen LogP contribution in [0.2, 0.25) is 10.0 Å². The van der Waals surface area contributed by atoms with Gasteiger partial charge < -0.3 is 10.6 Å². The molecule has 0 aliphatic heterocycles. The van der Waals surface area contributed by atoms with Crippen LogP contribution in [0.3, 0.4) is 0 Å². The minimum Gasteiger partial charge on any atom is -0.355 e. The van der Waals surface area contributed by atoms with Crippen LogP contribution in [0.15, 0.2) is 42.5 Å². The predicted molar refractivity (Wildman–Crippen MR) is 107 cm³/mol. The molecular weight excluding hydrogens is 371 g/mol. The quantitative estimate of drug-likeness (QED) is 0.704. The monoisotopic (exact) mass is 392 g/mol. The average Bonchev–Trinajstić information content (AvgIpc) is 2.59. The molecule has 2 rings (SSSR count). The summed E-state index contributed by atoms with van der Waals surface area (Å²) in [6.45, 7) is 5.50. The molecule has 0 fully saturated rings. The summed E-state index contributed by atoms with van der Waals surface area (Å²) in [6, 6.07) is 12.7. The van der Waals surface area contributed by atoms with Gasteiger partial charge in [-0.1, -0.05) is 41.4 Å². The number of amides is 2. The standard InChI is InChI=1S/C20H22Cl2N2O2/c1-13-4-7-16(22)12-17(13)24-19(26)20(2,3)18(25)23-11-10-14-5-8-15(21)9-6-14/h4-9,12H,10-11H2,1-3H3,(H,23,25)(H,24,26). The number of carbonyl (C=O) groups excluding carboxylic acids is 2. The van der Waals surface area contributed by atoms with Crippen LogP contribution in [0.4, 0.5) is 5.69 Å². The van der Waals surface area contributed by atoms with E-state index in [4.69, 9.17) is 23.2 Å². The molecule has 0 aromatic heterocycles. The van der Waals surface area contributed by atoms with Crippen molar-refractivity contribution in [2.24, 2.45) is 5.41 Å². The van der Waals surface area contributed by atoms with Crippen molar-refractivity contribution in [2.75, 3.05) is 11.9 Å². The Labute approximate surface area is 163 Å². The van der Waals surface area contributed by atoms with Crippen LogP contribution in [0.25, 0.3) is 0 Å². The van der Waals surface area contributed by atoms with Crippen LogP contribution in [0.1, 0.15) is 25.0 Å². The third-order valence-electron chi connectivity index (χ3n) is 4.20. The van der Waals surface area contributed by atoms with Gasteiger partial charge in [-0.3, -0.25) is 9.59 Å². The highest BCUT2D eigenvalue weighted by Gasteiger charge is 2.36. The maximum atomic E-state index is 12.6. The summed E-state index contributed by atoms with van der Waals surface area (Å²) in [5.41, 5.74) is 1.33. The zero-order valence-corrected chi connectivity index (χ0v) is 16.5. The van der Waals surface area contributed by atoms with E-state index in [2.05, 4.69) is 10.6 Å². The fraction of sp³-hybridized carbons (Fsp3) is 0.300. The van der Waals surface area contributed by atoms with Gasteiger partial charge in [0.15, 0.2) is 0 Å². The van der Waals surface area contributed by atoms with Gasteiger partial charge in [0, 0.05) is 22.3 Å². The third-order valence-corrected chi connectivity index (χ3v) is 4.68. The van der Waals surface area contributed by atoms with E-state index in [9.17, 15) is 9.59 Å². The number of aryl methyl sites for hydroxylation is 1. The first-order valence-corrected chi connectivity index (χ1v) is 9.06. The van der Waals surface area contributed by atoms with Crippen molar-refractivity contribution in [1.29, 1.82) is 0 Å². The third kappa shape index (κ3) is 5.23. The lowest BCUT2D eigenvalue weighted by molar-refractivity contribution is -0.138. The van der Waals surface area contributed by atoms with Gasteiger partial charge in [-0.15, -0.1) is 0 Å². The molecule has 0 heterocycles. The van der Waals surface area contributed by atoms with Crippen molar-refractivity contribution in [1.82, 2.24) is 5.32 Å². The zero-order valence-electron chi connectivity index (χ0n) is 15.0. The van der Waals surface area contributed by atoms with Crippen molar-refractivity contribution in [3.05, 3.63) is 63.6 Å². The smallest absolute Gasteiger partial charge is 0.239 e. The van der Waals surface area contributed by atoms with Gasteiger partial charge in [0.25, 0.3) is 0 Å². The normalized spacial score (nSPS) is 11.1. The first kappa shape index (κ1) is 20.3. The van der Waals surface area contributed by atoms with E-state index in [0.29, 0.717) is 28.7 Å². The van der Waals surface area contributed by atoms with Gasteiger partial charge in [-0.05, 0) is 62.6 Å². The van der Waals surface area contributed by atoms with Crippen molar-refractivity contribution >= 4 is 40.7 Å². The number of hydrogen-bond acceptors (Lipinski definition) is 2. The largest absolute Gasteiger partial charge is 0.355 e. The molecule has 26 heavy (non-hydrogen) atoms. The molecule has 0 bridgehead atoms. The van der Waals surface area contributed by atoms with Crippen molar-refractivity contribution in [3.63, 3.8) is 0 Å². The molecule has 0 aliphatic rings. The molecule has 2 aromatic rings. The summed E-state index contributed by atoms with van der Waals surface area (Å²) in [5, 5.41) is 6.80. The Morgan fingerprint density at radius 3 is 2.23 bits per heavy atom. The average molecular weight is 393 g/mol. The number of benzene rings is 2. The molecule has 6 heteroatoms. The maximum Gasteiger partial charge on any atom is 0.239 e. The molecular formula is C20H22Cl2N2O2. The molecule has 0 saturated carbocycles. The van der Waals surface area contributed by atoms with Crippen LogP contribution in [-0.2, 0) is 16.0 Å². The summed E-state index contributed by atoms with van der Waals surface area (Å²) in [6.07, 6.45) is 0.661. The molecule has 0 aliphatic carbocycles. The van der Waals surface area contributed by atoms with Crippen LogP contribution < -0.4 is 10.6 Å². The Hall–Kier alpha value is -2.04. The van der Waals surface area contributed by atoms with Gasteiger partial charge in [0.2, 0.25) is 11.8 Å². The van der Waals surface area contributed by atoms with Gasteiger partial charge >= 0.3 is 0 Å². The van der Waals surface area contributed by atoms with E-state index in [-0.39, 0.29) is 11.8 Å². The Kier molecular flexibility index (Phi) is 6.68. The Morgan fingerprint density at radius 2 is 1.58 bits per heavy atom. The number of rotatable bonds is 6. The van der Waals surface area contributed by atoms with E-state index in [0.717, 1.165) is 11.1 Å². The number of hydrogen-bond donors (Lipinski definition) is 2. The van der Waals surface area contributed by atoms with Crippen molar-refractivity contribution in [2.45, 2.75) is 27.2 Å². The van der Waals surface area contributed by atoms with Crippen LogP contribution in [0, 0.1) is 12.3 Å². The molecule has 2 amide bonds. The van der Waals surface area contributed by atoms with Crippen molar-refractivity contribution in [3.8, 4) is 0 Å². The summed E-state index contributed by atoms with van der Waals surface area (Å²) in [5.74, 6) is -0.712. The molecule has 4 nitrogen and oxygen atoms in total. The zero-order chi connectivity index (χ0) is 19.3. The van der Waals surface area contributed by atoms with Crippen molar-refractivity contribution < 1.29 is 9.59 Å². The second-order valence-corrected chi connectivity index (χ2v) is 7.54. The number of halogens is 2. The summed E-state index contributed by atoms with van der Waals surface area (Å²) in [7, 11) is 0. The highest BCUT2D eigenvalue weighted by atomic mass is 35.5. The minimum absolute atomic E-state index is 0.330. The van der Waals surface area contributed by atoms with E-state index in [1.807, 2.05) is 37.3 Å². The number of nitrogens with one attached hydrogen (secondary N) is 2. The first-order valence-electron chi connectivity index (χ1n) is 8.30. The maximum absolute atomic E-state index is 12.6. The molecule has 0 atom stereocenters. The van der Waals surface area contributed by atoms with E-state index >= 15 is 0 Å². The summed E-state index contributed by atoms with van der Waals surface area (Å²) < 4.78 is 0. The van der Waals surface area contributed by atoms with Crippen LogP contribution >= 0.6 is 23.2 Å². The Morgan fingerprint density at radius 1 is 0.962 bits per heavy atom. The second-order valence-electron chi connectivity index (χ2n) is 6.67. The fourth-order valence-corrected chi connectivity index (χ4v) is 2.60. The number of carbonyl (C=O) groups is 2. The van der Waals surface area contributed by atoms with Gasteiger partial charge in [0.1, 0.15) is 5.41 Å². The highest BCUT2D eigenvalue weighted by Crippen LogP contribution is 2.24. The lowest BCUT2D eigenvalue weighted by Gasteiger charge is -2.23. The van der Waals surface area contributed by atoms with E-state index in [1.54, 1.807) is 26.0 Å². The van der Waals surface area contributed by atoms with E-state index in [1.165, 1.54) is 0 Å². The van der Waals surface area contributed by atoms with Gasteiger partial charge in [-0.2, -0.15) is 0 Å². The summed E-state index contributed by atoms with van der Waals surface area (Å²) in [4.78, 5) is 25.1. The number of anilines is 1.